The molecule has 0 bridgehead atoms. The Morgan fingerprint density at radius 2 is 1.41 bits per heavy atom. The third kappa shape index (κ3) is 11.8. The van der Waals surface area contributed by atoms with Crippen molar-refractivity contribution in [3.63, 3.8) is 0 Å². The van der Waals surface area contributed by atoms with Gasteiger partial charge < -0.3 is 10.0 Å². The van der Waals surface area contributed by atoms with E-state index in [9.17, 15) is 4.79 Å². The number of unbranched alkanes of at least 4 members (excludes halogenated alkanes) is 3. The zero-order chi connectivity index (χ0) is 25.3. The van der Waals surface area contributed by atoms with Crippen LogP contribution in [-0.4, -0.2) is 44.9 Å². The van der Waals surface area contributed by atoms with Crippen LogP contribution in [0.1, 0.15) is 69.7 Å². The number of anilines is 1. The largest absolute Gasteiger partial charge is 0.478 e. The van der Waals surface area contributed by atoms with Crippen LogP contribution in [0.3, 0.4) is 0 Å². The first-order valence-electron chi connectivity index (χ1n) is 12.4. The molecule has 0 amide bonds. The molecule has 0 aliphatic heterocycles. The standard InChI is InChI=1S/C15H14BrN3O2.3C4H9.Sn/c1-19(2)10-7-8-14(12(16)9-10)18-17-13-6-4-3-5-11(13)15(20)21;3*1-3-4-2;/h3-9H,1-2H3,(H,20,21);3*1,3-4H2,2H3;. The summed E-state index contributed by atoms with van der Waals surface area (Å²) in [5, 5.41) is 17.2. The van der Waals surface area contributed by atoms with Crippen molar-refractivity contribution in [2.45, 2.75) is 72.6 Å². The predicted molar refractivity (Wildman–Crippen MR) is 151 cm³/mol. The van der Waals surface area contributed by atoms with Gasteiger partial charge in [0.1, 0.15) is 5.69 Å². The second kappa shape index (κ2) is 17.9. The van der Waals surface area contributed by atoms with Crippen LogP contribution >= 0.6 is 15.9 Å². The van der Waals surface area contributed by atoms with Crippen molar-refractivity contribution in [3.8, 4) is 0 Å². The van der Waals surface area contributed by atoms with E-state index in [0.29, 0.717) is 11.4 Å². The number of benzene rings is 2. The Morgan fingerprint density at radius 1 is 0.882 bits per heavy atom. The molecule has 2 rings (SSSR count). The molecule has 0 atom stereocenters. The van der Waals surface area contributed by atoms with E-state index in [1.165, 1.54) is 44.6 Å². The van der Waals surface area contributed by atoms with Crippen molar-refractivity contribution < 1.29 is 9.90 Å². The normalized spacial score (nSPS) is 10.9. The van der Waals surface area contributed by atoms with Gasteiger partial charge >= 0.3 is 98.3 Å². The number of halogens is 1. The summed E-state index contributed by atoms with van der Waals surface area (Å²) in [5.74, 6) is -1.02. The molecule has 0 spiro atoms. The molecule has 1 radical (unpaired) electrons. The van der Waals surface area contributed by atoms with Crippen molar-refractivity contribution in [2.75, 3.05) is 19.0 Å². The van der Waals surface area contributed by atoms with Gasteiger partial charge in [0.05, 0.1) is 11.3 Å². The van der Waals surface area contributed by atoms with Gasteiger partial charge in [-0.25, -0.2) is 4.79 Å². The summed E-state index contributed by atoms with van der Waals surface area (Å²) in [5.41, 5.74) is 2.13. The molecule has 0 saturated heterocycles. The Labute approximate surface area is 221 Å². The summed E-state index contributed by atoms with van der Waals surface area (Å²) < 4.78 is 5.83. The summed E-state index contributed by atoms with van der Waals surface area (Å²) in [6.45, 7) is 7.00. The molecule has 34 heavy (non-hydrogen) atoms. The van der Waals surface area contributed by atoms with E-state index < -0.39 is 25.7 Å². The molecule has 2 aromatic rings. The Hall–Kier alpha value is -1.41. The molecular formula is C27H41BrN3O2Sn. The second-order valence-corrected chi connectivity index (χ2v) is 18.0. The number of aromatic carboxylic acids is 1. The minimum Gasteiger partial charge on any atom is -0.478 e. The average Bonchev–Trinajstić information content (AvgIpc) is 2.83. The number of carboxylic acid groups (broad SMARTS) is 1. The average molecular weight is 638 g/mol. The van der Waals surface area contributed by atoms with Gasteiger partial charge in [-0.2, -0.15) is 0 Å². The molecule has 7 heteroatoms. The van der Waals surface area contributed by atoms with E-state index in [1.807, 2.05) is 37.2 Å². The van der Waals surface area contributed by atoms with Gasteiger partial charge in [-0.15, -0.1) is 10.2 Å². The fourth-order valence-corrected chi connectivity index (χ4v) is 13.3. The Balaban J connectivity index is 0.000000385. The van der Waals surface area contributed by atoms with Gasteiger partial charge in [0.25, 0.3) is 0 Å². The maximum Gasteiger partial charge on any atom is 0.337 e. The third-order valence-corrected chi connectivity index (χ3v) is 15.2. The number of carbonyl (C=O) groups is 1. The van der Waals surface area contributed by atoms with E-state index >= 15 is 0 Å². The third-order valence-electron chi connectivity index (χ3n) is 5.50. The molecule has 0 saturated carbocycles. The van der Waals surface area contributed by atoms with Gasteiger partial charge in [0.2, 0.25) is 0 Å². The molecule has 0 aliphatic rings. The molecule has 0 unspecified atom stereocenters. The van der Waals surface area contributed by atoms with E-state index in [0.717, 1.165) is 10.2 Å². The summed E-state index contributed by atoms with van der Waals surface area (Å²) >= 11 is 2.60. The Bertz CT molecular complexity index is 871. The van der Waals surface area contributed by atoms with Crippen LogP contribution < -0.4 is 4.90 Å². The summed E-state index contributed by atoms with van der Waals surface area (Å²) in [4.78, 5) is 13.1. The van der Waals surface area contributed by atoms with Gasteiger partial charge in [-0.1, -0.05) is 12.1 Å². The smallest absolute Gasteiger partial charge is 0.337 e. The summed E-state index contributed by atoms with van der Waals surface area (Å²) in [6, 6.07) is 12.2. The molecule has 1 N–H and O–H groups in total. The molecule has 0 aliphatic carbocycles. The Morgan fingerprint density at radius 3 is 1.88 bits per heavy atom. The number of nitrogens with zero attached hydrogens (tertiary/aromatic N) is 3. The topological polar surface area (TPSA) is 65.3 Å². The van der Waals surface area contributed by atoms with Crippen molar-refractivity contribution in [1.29, 1.82) is 0 Å². The fraction of sp³-hybridized carbons (Fsp3) is 0.519. The maximum atomic E-state index is 11.1. The number of hydrogen-bond acceptors (Lipinski definition) is 4. The van der Waals surface area contributed by atoms with Gasteiger partial charge in [0.15, 0.2) is 0 Å². The molecular weight excluding hydrogens is 597 g/mol. The SMILES string of the molecule is CCC[CH2][Sn]([CH2]CCC)[CH2]CCC.CN(C)c1ccc(N=Nc2ccccc2C(=O)O)c(Br)c1. The van der Waals surface area contributed by atoms with Crippen molar-refractivity contribution >= 4 is 58.7 Å². The van der Waals surface area contributed by atoms with Gasteiger partial charge in [0, 0.05) is 24.3 Å². The number of hydrogen-bond donors (Lipinski definition) is 1. The maximum absolute atomic E-state index is 11.1. The van der Waals surface area contributed by atoms with E-state index in [2.05, 4.69) is 46.9 Å². The molecule has 5 nitrogen and oxygen atoms in total. The fourth-order valence-electron chi connectivity index (χ4n) is 3.36. The molecule has 0 fully saturated rings. The van der Waals surface area contributed by atoms with Crippen molar-refractivity contribution in [1.82, 2.24) is 0 Å². The van der Waals surface area contributed by atoms with Crippen LogP contribution in [-0.2, 0) is 0 Å². The quantitative estimate of drug-likeness (QED) is 0.176. The zero-order valence-electron chi connectivity index (χ0n) is 21.5. The van der Waals surface area contributed by atoms with Gasteiger partial charge in [-0.3, -0.25) is 0 Å². The first-order valence-corrected chi connectivity index (χ1v) is 19.2. The molecule has 0 aromatic heterocycles. The zero-order valence-corrected chi connectivity index (χ0v) is 25.9. The number of azo groups is 1. The van der Waals surface area contributed by atoms with Crippen LogP contribution in [0.4, 0.5) is 17.1 Å². The van der Waals surface area contributed by atoms with E-state index in [4.69, 9.17) is 5.11 Å². The van der Waals surface area contributed by atoms with Crippen molar-refractivity contribution in [2.24, 2.45) is 10.2 Å². The van der Waals surface area contributed by atoms with Crippen molar-refractivity contribution in [3.05, 3.63) is 52.5 Å². The van der Waals surface area contributed by atoms with Crippen LogP contribution in [0, 0.1) is 0 Å². The molecule has 187 valence electrons. The van der Waals surface area contributed by atoms with Gasteiger partial charge in [-0.05, 0) is 46.3 Å². The summed E-state index contributed by atoms with van der Waals surface area (Å²) in [6.07, 6.45) is 8.85. The summed E-state index contributed by atoms with van der Waals surface area (Å²) in [7, 11) is 3.90. The minimum absolute atomic E-state index is 0.127. The minimum atomic E-state index is -1.02. The van der Waals surface area contributed by atoms with Crippen LogP contribution in [0.5, 0.6) is 0 Å². The molecule has 2 aromatic carbocycles. The van der Waals surface area contributed by atoms with E-state index in [1.54, 1.807) is 31.5 Å². The Kier molecular flexibility index (Phi) is 16.2. The van der Waals surface area contributed by atoms with Crippen LogP contribution in [0.25, 0.3) is 0 Å². The van der Waals surface area contributed by atoms with Crippen LogP contribution in [0.15, 0.2) is 57.2 Å². The monoisotopic (exact) mass is 638 g/mol. The first kappa shape index (κ1) is 30.6. The van der Waals surface area contributed by atoms with Crippen LogP contribution in [0.2, 0.25) is 13.3 Å². The number of carboxylic acids is 1. The second-order valence-electron chi connectivity index (χ2n) is 8.61. The number of rotatable bonds is 13. The predicted octanol–water partition coefficient (Wildman–Crippen LogP) is 9.51. The first-order chi connectivity index (χ1) is 16.3. The molecule has 0 heterocycles. The van der Waals surface area contributed by atoms with E-state index in [-0.39, 0.29) is 5.56 Å².